The number of nitrogens with zero attached hydrogens (tertiary/aromatic N) is 1. The Kier molecular flexibility index (Phi) is 6.66. The standard InChI is InChI=1S/C18H28N2O3S/c1-3-15-10-12-17(13-11-15)20(24(2,22)23)14-18(21)19-16-8-6-4-5-7-9-16/h10-13,16H,3-9,14H2,1-2H3,(H,19,21). The van der Waals surface area contributed by atoms with Crippen LogP contribution in [0.3, 0.4) is 0 Å². The largest absolute Gasteiger partial charge is 0.352 e. The van der Waals surface area contributed by atoms with Gasteiger partial charge in [0, 0.05) is 6.04 Å². The fraction of sp³-hybridized carbons (Fsp3) is 0.611. The molecule has 0 spiro atoms. The predicted octanol–water partition coefficient (Wildman–Crippen LogP) is 2.85. The molecule has 0 atom stereocenters. The Hall–Kier alpha value is -1.56. The maximum absolute atomic E-state index is 12.4. The van der Waals surface area contributed by atoms with Crippen molar-refractivity contribution in [1.29, 1.82) is 0 Å². The Balaban J connectivity index is 2.06. The molecule has 0 unspecified atom stereocenters. The van der Waals surface area contributed by atoms with Crippen LogP contribution in [0.4, 0.5) is 5.69 Å². The number of carbonyl (C=O) groups is 1. The highest BCUT2D eigenvalue weighted by Crippen LogP contribution is 2.20. The maximum Gasteiger partial charge on any atom is 0.240 e. The molecule has 134 valence electrons. The number of hydrogen-bond acceptors (Lipinski definition) is 3. The van der Waals surface area contributed by atoms with E-state index in [-0.39, 0.29) is 18.5 Å². The second-order valence-electron chi connectivity index (χ2n) is 6.55. The summed E-state index contributed by atoms with van der Waals surface area (Å²) in [6, 6.07) is 7.49. The van der Waals surface area contributed by atoms with Crippen molar-refractivity contribution in [2.45, 2.75) is 57.9 Å². The van der Waals surface area contributed by atoms with Gasteiger partial charge in [-0.15, -0.1) is 0 Å². The van der Waals surface area contributed by atoms with Crippen LogP contribution in [0, 0.1) is 0 Å². The minimum atomic E-state index is -3.51. The van der Waals surface area contributed by atoms with Gasteiger partial charge in [-0.05, 0) is 37.0 Å². The zero-order chi connectivity index (χ0) is 17.6. The molecule has 6 heteroatoms. The number of sulfonamides is 1. The molecule has 24 heavy (non-hydrogen) atoms. The Labute approximate surface area is 145 Å². The molecule has 0 heterocycles. The topological polar surface area (TPSA) is 66.5 Å². The van der Waals surface area contributed by atoms with Crippen LogP contribution in [0.1, 0.15) is 51.0 Å². The number of carbonyl (C=O) groups excluding carboxylic acids is 1. The summed E-state index contributed by atoms with van der Waals surface area (Å²) in [5.41, 5.74) is 1.67. The van der Waals surface area contributed by atoms with E-state index in [9.17, 15) is 13.2 Å². The Morgan fingerprint density at radius 2 is 1.71 bits per heavy atom. The van der Waals surface area contributed by atoms with Gasteiger partial charge >= 0.3 is 0 Å². The highest BCUT2D eigenvalue weighted by molar-refractivity contribution is 7.92. The molecular weight excluding hydrogens is 324 g/mol. The molecule has 0 radical (unpaired) electrons. The summed E-state index contributed by atoms with van der Waals surface area (Å²) < 4.78 is 25.4. The van der Waals surface area contributed by atoms with Crippen LogP contribution < -0.4 is 9.62 Å². The summed E-state index contributed by atoms with van der Waals surface area (Å²) in [5.74, 6) is -0.230. The second kappa shape index (κ2) is 8.51. The molecule has 2 rings (SSSR count). The lowest BCUT2D eigenvalue weighted by atomic mass is 10.1. The SMILES string of the molecule is CCc1ccc(N(CC(=O)NC2CCCCCC2)S(C)(=O)=O)cc1. The first-order valence-corrected chi connectivity index (χ1v) is 10.6. The molecule has 1 N–H and O–H groups in total. The van der Waals surface area contributed by atoms with Crippen molar-refractivity contribution in [3.05, 3.63) is 29.8 Å². The van der Waals surface area contributed by atoms with Crippen molar-refractivity contribution in [2.75, 3.05) is 17.1 Å². The fourth-order valence-corrected chi connectivity index (χ4v) is 3.98. The minimum Gasteiger partial charge on any atom is -0.352 e. The molecule has 1 aromatic rings. The molecular formula is C18H28N2O3S. The van der Waals surface area contributed by atoms with E-state index in [1.165, 1.54) is 17.1 Å². The van der Waals surface area contributed by atoms with E-state index in [4.69, 9.17) is 0 Å². The number of nitrogens with one attached hydrogen (secondary N) is 1. The van der Waals surface area contributed by atoms with E-state index >= 15 is 0 Å². The first-order chi connectivity index (χ1) is 11.4. The number of anilines is 1. The normalized spacial score (nSPS) is 16.4. The lowest BCUT2D eigenvalue weighted by Crippen LogP contribution is -2.44. The summed E-state index contributed by atoms with van der Waals surface area (Å²) >= 11 is 0. The highest BCUT2D eigenvalue weighted by atomic mass is 32.2. The van der Waals surface area contributed by atoms with Crippen LogP contribution in [-0.2, 0) is 21.2 Å². The highest BCUT2D eigenvalue weighted by Gasteiger charge is 2.22. The number of hydrogen-bond donors (Lipinski definition) is 1. The number of amides is 1. The lowest BCUT2D eigenvalue weighted by molar-refractivity contribution is -0.120. The van der Waals surface area contributed by atoms with Crippen LogP contribution in [0.25, 0.3) is 0 Å². The molecule has 1 aromatic carbocycles. The summed E-state index contributed by atoms with van der Waals surface area (Å²) in [5, 5.41) is 3.01. The number of rotatable bonds is 6. The van der Waals surface area contributed by atoms with Gasteiger partial charge in [-0.2, -0.15) is 0 Å². The molecule has 0 aromatic heterocycles. The fourth-order valence-electron chi connectivity index (χ4n) is 3.13. The van der Waals surface area contributed by atoms with Crippen molar-refractivity contribution in [3.63, 3.8) is 0 Å². The zero-order valence-corrected chi connectivity index (χ0v) is 15.4. The average Bonchev–Trinajstić information content (AvgIpc) is 2.80. The Morgan fingerprint density at radius 3 is 2.21 bits per heavy atom. The van der Waals surface area contributed by atoms with E-state index in [0.717, 1.165) is 43.9 Å². The minimum absolute atomic E-state index is 0.166. The first kappa shape index (κ1) is 18.8. The molecule has 1 aliphatic carbocycles. The predicted molar refractivity (Wildman–Crippen MR) is 97.6 cm³/mol. The van der Waals surface area contributed by atoms with Gasteiger partial charge in [-0.1, -0.05) is 44.7 Å². The summed E-state index contributed by atoms with van der Waals surface area (Å²) in [4.78, 5) is 12.4. The Morgan fingerprint density at radius 1 is 1.12 bits per heavy atom. The van der Waals surface area contributed by atoms with Gasteiger partial charge in [0.15, 0.2) is 0 Å². The number of benzene rings is 1. The molecule has 5 nitrogen and oxygen atoms in total. The van der Waals surface area contributed by atoms with E-state index in [2.05, 4.69) is 5.32 Å². The van der Waals surface area contributed by atoms with E-state index in [0.29, 0.717) is 5.69 Å². The van der Waals surface area contributed by atoms with Gasteiger partial charge in [-0.3, -0.25) is 9.10 Å². The van der Waals surface area contributed by atoms with Gasteiger partial charge < -0.3 is 5.32 Å². The average molecular weight is 352 g/mol. The smallest absolute Gasteiger partial charge is 0.240 e. The third kappa shape index (κ3) is 5.51. The van der Waals surface area contributed by atoms with Crippen molar-refractivity contribution < 1.29 is 13.2 Å². The summed E-state index contributed by atoms with van der Waals surface area (Å²) in [7, 11) is -3.51. The molecule has 1 amide bonds. The third-order valence-corrected chi connectivity index (χ3v) is 5.68. The lowest BCUT2D eigenvalue weighted by Gasteiger charge is -2.24. The second-order valence-corrected chi connectivity index (χ2v) is 8.45. The van der Waals surface area contributed by atoms with E-state index in [1.807, 2.05) is 19.1 Å². The number of aryl methyl sites for hydroxylation is 1. The molecule has 1 aliphatic rings. The van der Waals surface area contributed by atoms with E-state index < -0.39 is 10.0 Å². The van der Waals surface area contributed by atoms with Crippen LogP contribution in [0.2, 0.25) is 0 Å². The van der Waals surface area contributed by atoms with Crippen LogP contribution in [-0.4, -0.2) is 33.2 Å². The van der Waals surface area contributed by atoms with Crippen molar-refractivity contribution in [2.24, 2.45) is 0 Å². The third-order valence-electron chi connectivity index (χ3n) is 4.54. The van der Waals surface area contributed by atoms with Crippen molar-refractivity contribution in [3.8, 4) is 0 Å². The van der Waals surface area contributed by atoms with Gasteiger partial charge in [-0.25, -0.2) is 8.42 Å². The molecule has 0 saturated heterocycles. The van der Waals surface area contributed by atoms with Crippen molar-refractivity contribution >= 4 is 21.6 Å². The van der Waals surface area contributed by atoms with Gasteiger partial charge in [0.1, 0.15) is 6.54 Å². The van der Waals surface area contributed by atoms with E-state index in [1.54, 1.807) is 12.1 Å². The van der Waals surface area contributed by atoms with Crippen LogP contribution in [0.5, 0.6) is 0 Å². The van der Waals surface area contributed by atoms with Crippen molar-refractivity contribution in [1.82, 2.24) is 5.32 Å². The quantitative estimate of drug-likeness (QED) is 0.801. The zero-order valence-electron chi connectivity index (χ0n) is 14.6. The summed E-state index contributed by atoms with van der Waals surface area (Å²) in [6.45, 7) is 1.88. The monoisotopic (exact) mass is 352 g/mol. The van der Waals surface area contributed by atoms with Crippen LogP contribution >= 0.6 is 0 Å². The maximum atomic E-state index is 12.4. The van der Waals surface area contributed by atoms with Gasteiger partial charge in [0.05, 0.1) is 11.9 Å². The molecule has 1 saturated carbocycles. The first-order valence-electron chi connectivity index (χ1n) is 8.76. The Bertz CT molecular complexity index is 633. The molecule has 0 aliphatic heterocycles. The van der Waals surface area contributed by atoms with Crippen LogP contribution in [0.15, 0.2) is 24.3 Å². The van der Waals surface area contributed by atoms with Gasteiger partial charge in [0.2, 0.25) is 15.9 Å². The molecule has 1 fully saturated rings. The summed E-state index contributed by atoms with van der Waals surface area (Å²) in [6.07, 6.45) is 8.67. The molecule has 0 bridgehead atoms. The van der Waals surface area contributed by atoms with Gasteiger partial charge in [0.25, 0.3) is 0 Å².